The van der Waals surface area contributed by atoms with Crippen molar-refractivity contribution >= 4 is 18.1 Å². The molecule has 0 spiro atoms. The zero-order valence-electron chi connectivity index (χ0n) is 27.9. The second-order valence-electron chi connectivity index (χ2n) is 12.6. The van der Waals surface area contributed by atoms with E-state index in [-0.39, 0.29) is 46.2 Å². The third-order valence-electron chi connectivity index (χ3n) is 9.26. The average molecular weight is 708 g/mol. The fourth-order valence-electron chi connectivity index (χ4n) is 6.21. The number of halogens is 1. The number of nitrogens with zero attached hydrogens (tertiary/aromatic N) is 1. The number of aliphatic hydroxyl groups excluding tert-OH is 1. The molecule has 0 bridgehead atoms. The first-order valence-corrected chi connectivity index (χ1v) is 15.9. The van der Waals surface area contributed by atoms with Crippen LogP contribution in [0, 0.1) is 27.2 Å². The van der Waals surface area contributed by atoms with Crippen molar-refractivity contribution < 1.29 is 52.1 Å². The second-order valence-corrected chi connectivity index (χ2v) is 13.0. The summed E-state index contributed by atoms with van der Waals surface area (Å²) in [6.07, 6.45) is 6.38. The summed E-state index contributed by atoms with van der Waals surface area (Å²) in [6.45, 7) is 19.1. The van der Waals surface area contributed by atoms with Crippen LogP contribution in [0.5, 0.6) is 11.5 Å². The van der Waals surface area contributed by atoms with Gasteiger partial charge >= 0.3 is 32.7 Å². The molecule has 2 aliphatic rings. The summed E-state index contributed by atoms with van der Waals surface area (Å²) in [5.74, 6) is 2.35. The molecule has 1 saturated heterocycles. The summed E-state index contributed by atoms with van der Waals surface area (Å²) < 4.78 is 12.9. The Morgan fingerprint density at radius 3 is 2.49 bits per heavy atom. The SMILES string of the molecule is O=[C-]O.[CH2-]c1cc(Cl)c(O[C@H]2CCc3c(-c4cccc(OCCCN5CCC5(C)C)c4C)cccc32)cc1CC(C)CC.[CH3-].[Y+3]. The Kier molecular flexibility index (Phi) is 15.4. The van der Waals surface area contributed by atoms with Crippen molar-refractivity contribution in [2.45, 2.75) is 84.8 Å². The van der Waals surface area contributed by atoms with Crippen LogP contribution in [0.3, 0.4) is 0 Å². The molecule has 3 aromatic rings. The molecule has 0 radical (unpaired) electrons. The number of likely N-dealkylation sites (tertiary alicyclic amines) is 1. The van der Waals surface area contributed by atoms with Crippen LogP contribution in [0.1, 0.15) is 87.3 Å². The van der Waals surface area contributed by atoms with Gasteiger partial charge in [-0.25, -0.2) is 0 Å². The van der Waals surface area contributed by atoms with Gasteiger partial charge < -0.3 is 26.8 Å². The first-order valence-electron chi connectivity index (χ1n) is 15.5. The van der Waals surface area contributed by atoms with Crippen molar-refractivity contribution in [2.75, 3.05) is 19.7 Å². The maximum absolute atomic E-state index is 8.24. The molecule has 45 heavy (non-hydrogen) atoms. The number of hydrogen-bond acceptors (Lipinski definition) is 4. The van der Waals surface area contributed by atoms with Gasteiger partial charge in [0.2, 0.25) is 0 Å². The van der Waals surface area contributed by atoms with Crippen LogP contribution in [0.15, 0.2) is 48.5 Å². The molecular formula is C38H49ClNO4Y. The minimum absolute atomic E-state index is 0. The quantitative estimate of drug-likeness (QED) is 0.159. The van der Waals surface area contributed by atoms with Crippen LogP contribution in [-0.4, -0.2) is 41.7 Å². The van der Waals surface area contributed by atoms with E-state index < -0.39 is 0 Å². The van der Waals surface area contributed by atoms with Crippen LogP contribution in [-0.2, 0) is 50.3 Å². The number of rotatable bonds is 11. The number of ether oxygens (including phenoxy) is 2. The number of benzene rings is 3. The Hall–Kier alpha value is -2.05. The van der Waals surface area contributed by atoms with Crippen molar-refractivity contribution in [3.05, 3.63) is 95.7 Å². The third kappa shape index (κ3) is 9.50. The van der Waals surface area contributed by atoms with Gasteiger partial charge in [0.1, 0.15) is 17.6 Å². The van der Waals surface area contributed by atoms with E-state index in [1.807, 2.05) is 6.07 Å². The molecule has 1 aliphatic carbocycles. The molecule has 1 N–H and O–H groups in total. The fraction of sp³-hybridized carbons (Fsp3) is 0.447. The molecule has 5 rings (SSSR count). The van der Waals surface area contributed by atoms with Crippen LogP contribution < -0.4 is 9.47 Å². The molecule has 3 aromatic carbocycles. The van der Waals surface area contributed by atoms with Gasteiger partial charge in [-0.3, -0.25) is 4.90 Å². The molecule has 0 amide bonds. The zero-order chi connectivity index (χ0) is 31.1. The monoisotopic (exact) mass is 707 g/mol. The summed E-state index contributed by atoms with van der Waals surface area (Å²) in [5.41, 5.74) is 8.93. The van der Waals surface area contributed by atoms with E-state index in [0.717, 1.165) is 62.3 Å². The Bertz CT molecular complexity index is 1410. The third-order valence-corrected chi connectivity index (χ3v) is 9.55. The molecule has 1 heterocycles. The molecule has 0 saturated carbocycles. The van der Waals surface area contributed by atoms with Gasteiger partial charge in [0, 0.05) is 23.7 Å². The summed E-state index contributed by atoms with van der Waals surface area (Å²) in [6, 6.07) is 17.1. The molecule has 1 aliphatic heterocycles. The predicted molar refractivity (Wildman–Crippen MR) is 182 cm³/mol. The molecule has 1 fully saturated rings. The maximum atomic E-state index is 8.24. The van der Waals surface area contributed by atoms with Gasteiger partial charge in [0.05, 0.1) is 6.61 Å². The Morgan fingerprint density at radius 2 is 1.84 bits per heavy atom. The van der Waals surface area contributed by atoms with Gasteiger partial charge in [0.25, 0.3) is 0 Å². The van der Waals surface area contributed by atoms with Gasteiger partial charge in [-0.05, 0) is 80.3 Å². The Balaban J connectivity index is 0.00000136. The van der Waals surface area contributed by atoms with Crippen molar-refractivity contribution in [1.29, 1.82) is 0 Å². The summed E-state index contributed by atoms with van der Waals surface area (Å²) in [7, 11) is 0. The molecule has 0 aromatic heterocycles. The van der Waals surface area contributed by atoms with Gasteiger partial charge in [-0.2, -0.15) is 12.5 Å². The average Bonchev–Trinajstić information content (AvgIpc) is 3.39. The minimum Gasteiger partial charge on any atom is -0.665 e. The molecule has 5 nitrogen and oxygen atoms in total. The van der Waals surface area contributed by atoms with Crippen molar-refractivity contribution in [3.63, 3.8) is 0 Å². The second kappa shape index (κ2) is 17.8. The van der Waals surface area contributed by atoms with E-state index >= 15 is 0 Å². The van der Waals surface area contributed by atoms with E-state index in [1.54, 1.807) is 0 Å². The standard InChI is InChI=1S/C36H45ClNO2.CHO2.CH3.Y/c1-7-24(2)21-27-23-35(32(37)22-25(27)3)40-34-16-15-30-29(12-8-13-31(30)34)28-11-9-14-33(26(28)4)39-20-10-18-38-19-17-36(38,5)6;2-1-3;;/h8-9,11-14,22-24,34H,3,7,10,15-21H2,1-2,4-6H3;(H,2,3);1H3;/q3*-1;+3/t24?,34-;;;/m0.../s1. The van der Waals surface area contributed by atoms with Crippen molar-refractivity contribution in [2.24, 2.45) is 5.92 Å². The van der Waals surface area contributed by atoms with E-state index in [1.165, 1.54) is 46.3 Å². The van der Waals surface area contributed by atoms with Crippen molar-refractivity contribution in [1.82, 2.24) is 4.90 Å². The maximum Gasteiger partial charge on any atom is 3.00 e. The van der Waals surface area contributed by atoms with Crippen molar-refractivity contribution in [3.8, 4) is 22.6 Å². The van der Waals surface area contributed by atoms with E-state index in [9.17, 15) is 0 Å². The van der Waals surface area contributed by atoms with Gasteiger partial charge in [0.15, 0.2) is 0 Å². The Labute approximate surface area is 301 Å². The smallest absolute Gasteiger partial charge is 0.665 e. The van der Waals surface area contributed by atoms with E-state index in [4.69, 9.17) is 31.0 Å². The Morgan fingerprint density at radius 1 is 1.16 bits per heavy atom. The largest absolute Gasteiger partial charge is 3.00 e. The fourth-order valence-corrected chi connectivity index (χ4v) is 6.44. The van der Waals surface area contributed by atoms with Crippen LogP contribution in [0.4, 0.5) is 0 Å². The summed E-state index contributed by atoms with van der Waals surface area (Å²) >= 11 is 6.66. The van der Waals surface area contributed by atoms with E-state index in [2.05, 4.69) is 88.9 Å². The van der Waals surface area contributed by atoms with Crippen LogP contribution in [0.2, 0.25) is 5.02 Å². The minimum atomic E-state index is -0.00920. The van der Waals surface area contributed by atoms with Crippen LogP contribution in [0.25, 0.3) is 11.1 Å². The van der Waals surface area contributed by atoms with E-state index in [0.29, 0.717) is 23.0 Å². The first-order chi connectivity index (χ1) is 20.6. The summed E-state index contributed by atoms with van der Waals surface area (Å²) in [4.78, 5) is 10.8. The normalized spacial score (nSPS) is 16.9. The molecule has 2 atom stereocenters. The van der Waals surface area contributed by atoms with Crippen LogP contribution >= 0.6 is 11.6 Å². The zero-order valence-corrected chi connectivity index (χ0v) is 31.5. The molecule has 1 unspecified atom stereocenters. The predicted octanol–water partition coefficient (Wildman–Crippen LogP) is 9.47. The molecular weight excluding hydrogens is 659 g/mol. The number of fused-ring (bicyclic) bond motifs is 1. The molecule has 240 valence electrons. The number of hydrogen-bond donors (Lipinski definition) is 1. The van der Waals surface area contributed by atoms with Gasteiger partial charge in [-0.1, -0.05) is 87.1 Å². The summed E-state index contributed by atoms with van der Waals surface area (Å²) in [5, 5.41) is 7.40. The van der Waals surface area contributed by atoms with Gasteiger partial charge in [-0.15, -0.1) is 11.6 Å². The first kappa shape index (κ1) is 39.1. The topological polar surface area (TPSA) is 59.0 Å². The molecule has 7 heteroatoms.